The van der Waals surface area contributed by atoms with Gasteiger partial charge in [0.2, 0.25) is 0 Å². The molecule has 1 nitrogen and oxygen atoms in total. The topological polar surface area (TPSA) is 20.2 Å². The summed E-state index contributed by atoms with van der Waals surface area (Å²) < 4.78 is 0. The summed E-state index contributed by atoms with van der Waals surface area (Å²) in [6.07, 6.45) is 9.82. The molecule has 0 aromatic carbocycles. The van der Waals surface area contributed by atoms with E-state index >= 15 is 0 Å². The van der Waals surface area contributed by atoms with Crippen molar-refractivity contribution in [3.05, 3.63) is 0 Å². The molecule has 0 aliphatic rings. The minimum absolute atomic E-state index is 0.304. The van der Waals surface area contributed by atoms with Crippen LogP contribution in [0.25, 0.3) is 0 Å². The molecule has 0 aliphatic carbocycles. The molecule has 1 N–H and O–H groups in total. The maximum Gasteiger partial charge on any atom is 0.290 e. The van der Waals surface area contributed by atoms with Crippen LogP contribution in [0.3, 0.4) is 0 Å². The molecule has 0 aliphatic heterocycles. The molecule has 0 aromatic heterocycles. The number of hydrogen-bond acceptors (Lipinski definition) is 1. The summed E-state index contributed by atoms with van der Waals surface area (Å²) >= 11 is 0. The molecule has 0 spiro atoms. The summed E-state index contributed by atoms with van der Waals surface area (Å²) in [5.74, 6) is 0.304. The van der Waals surface area contributed by atoms with E-state index in [4.69, 9.17) is 5.02 Å². The highest BCUT2D eigenvalue weighted by Crippen LogP contribution is 2.45. The first kappa shape index (κ1) is 21.2. The molecule has 0 saturated heterocycles. The quantitative estimate of drug-likeness (QED) is 0.449. The van der Waals surface area contributed by atoms with Crippen LogP contribution in [0.2, 0.25) is 29.6 Å². The van der Waals surface area contributed by atoms with Gasteiger partial charge in [-0.05, 0) is 5.82 Å². The second-order valence-electron chi connectivity index (χ2n) is 7.48. The van der Waals surface area contributed by atoms with E-state index in [1.165, 1.54) is 46.0 Å². The molecule has 0 saturated carbocycles. The lowest BCUT2D eigenvalue weighted by Crippen LogP contribution is -2.22. The Morgan fingerprint density at radius 3 is 2.10 bits per heavy atom. The molecule has 3 unspecified atom stereocenters. The molecular weight excluding hydrogens is 253 g/mol. The maximum absolute atomic E-state index is 9.12. The van der Waals surface area contributed by atoms with E-state index in [1.807, 2.05) is 0 Å². The normalized spacial score (nSPS) is 18.4. The number of hydrogen-bond donors (Lipinski definition) is 1. The first-order valence-corrected chi connectivity index (χ1v) is 8.97. The zero-order chi connectivity index (χ0) is 16.4. The highest BCUT2D eigenvalue weighted by Gasteiger charge is 2.29. The van der Waals surface area contributed by atoms with Crippen LogP contribution in [-0.4, -0.2) is 27.1 Å². The van der Waals surface area contributed by atoms with Crippen LogP contribution in [0.1, 0.15) is 79.6 Å². The van der Waals surface area contributed by atoms with Crippen molar-refractivity contribution in [3.8, 4) is 0 Å². The van der Waals surface area contributed by atoms with E-state index < -0.39 is 0 Å². The molecule has 0 bridgehead atoms. The van der Waals surface area contributed by atoms with Crippen molar-refractivity contribution in [2.45, 2.75) is 109 Å². The molecule has 119 valence electrons. The van der Waals surface area contributed by atoms with Gasteiger partial charge in [0.05, 0.1) is 0 Å². The molecule has 0 rings (SSSR count). The lowest BCUT2D eigenvalue weighted by atomic mass is 9.44. The largest absolute Gasteiger partial charge is 0.454 e. The first-order valence-electron chi connectivity index (χ1n) is 8.97. The van der Waals surface area contributed by atoms with Crippen LogP contribution < -0.4 is 0 Å². The van der Waals surface area contributed by atoms with Gasteiger partial charge in [0, 0.05) is 0 Å². The van der Waals surface area contributed by atoms with E-state index in [-0.39, 0.29) is 0 Å². The Kier molecular flexibility index (Phi) is 10.9. The van der Waals surface area contributed by atoms with Crippen LogP contribution in [0.5, 0.6) is 0 Å². The van der Waals surface area contributed by atoms with E-state index in [1.54, 1.807) is 0 Å². The second-order valence-corrected chi connectivity index (χ2v) is 7.48. The Hall–Kier alpha value is 0.155. The summed E-state index contributed by atoms with van der Waals surface area (Å²) in [6.45, 7) is 13.6. The third-order valence-electron chi connectivity index (χ3n) is 5.19. The molecule has 0 amide bonds. The van der Waals surface area contributed by atoms with Gasteiger partial charge >= 0.3 is 0 Å². The van der Waals surface area contributed by atoms with E-state index in [0.717, 1.165) is 12.7 Å². The third kappa shape index (κ3) is 9.01. The van der Waals surface area contributed by atoms with E-state index in [0.29, 0.717) is 16.4 Å². The average Bonchev–Trinajstić information content (AvgIpc) is 2.49. The van der Waals surface area contributed by atoms with Crippen molar-refractivity contribution in [1.82, 2.24) is 0 Å². The minimum atomic E-state index is 0.304. The fourth-order valence-electron chi connectivity index (χ4n) is 3.02. The number of rotatable bonds is 13. The molecule has 21 heavy (non-hydrogen) atoms. The van der Waals surface area contributed by atoms with Crippen molar-refractivity contribution in [3.63, 3.8) is 0 Å². The van der Waals surface area contributed by atoms with Gasteiger partial charge in [-0.15, -0.1) is 0 Å². The van der Waals surface area contributed by atoms with Gasteiger partial charge in [0.1, 0.15) is 14.6 Å². The summed E-state index contributed by atoms with van der Waals surface area (Å²) in [7, 11) is 6.25. The molecular formula is C17H36B3O. The molecule has 0 aromatic rings. The summed E-state index contributed by atoms with van der Waals surface area (Å²) in [4.78, 5) is 0. The molecule has 0 heterocycles. The van der Waals surface area contributed by atoms with Crippen LogP contribution >= 0.6 is 0 Å². The maximum atomic E-state index is 9.12. The Morgan fingerprint density at radius 1 is 1.00 bits per heavy atom. The van der Waals surface area contributed by atoms with Gasteiger partial charge in [-0.3, -0.25) is 0 Å². The Balaban J connectivity index is 4.52. The van der Waals surface area contributed by atoms with E-state index in [2.05, 4.69) is 56.0 Å². The number of unbranched alkanes of at least 4 members (excludes halogenated alkanes) is 1. The van der Waals surface area contributed by atoms with Crippen molar-refractivity contribution in [1.29, 1.82) is 0 Å². The van der Waals surface area contributed by atoms with Crippen molar-refractivity contribution >= 4 is 22.0 Å². The SMILES string of the molecule is C[B]C(C)(CCCC)CCC(C)([B]CC)CCC(C)[B]O. The predicted octanol–water partition coefficient (Wildman–Crippen LogP) is 5.41. The van der Waals surface area contributed by atoms with Crippen LogP contribution in [0.4, 0.5) is 0 Å². The van der Waals surface area contributed by atoms with Crippen molar-refractivity contribution < 1.29 is 5.02 Å². The van der Waals surface area contributed by atoms with Crippen molar-refractivity contribution in [2.75, 3.05) is 0 Å². The first-order chi connectivity index (χ1) is 9.84. The Labute approximate surface area is 136 Å². The van der Waals surface area contributed by atoms with E-state index in [9.17, 15) is 0 Å². The Morgan fingerprint density at radius 2 is 1.62 bits per heavy atom. The third-order valence-corrected chi connectivity index (χ3v) is 5.19. The molecule has 3 radical (unpaired) electrons. The fraction of sp³-hybridized carbons (Fsp3) is 1.00. The van der Waals surface area contributed by atoms with Crippen LogP contribution in [0, 0.1) is 0 Å². The predicted molar refractivity (Wildman–Crippen MR) is 100.0 cm³/mol. The second kappa shape index (κ2) is 10.8. The Bertz CT molecular complexity index is 262. The highest BCUT2D eigenvalue weighted by molar-refractivity contribution is 6.40. The molecule has 4 heteroatoms. The lowest BCUT2D eigenvalue weighted by molar-refractivity contribution is 0.401. The van der Waals surface area contributed by atoms with Crippen LogP contribution in [-0.2, 0) is 0 Å². The van der Waals surface area contributed by atoms with Gasteiger partial charge in [0.25, 0.3) is 7.48 Å². The average molecular weight is 289 g/mol. The van der Waals surface area contributed by atoms with Gasteiger partial charge < -0.3 is 5.02 Å². The summed E-state index contributed by atoms with van der Waals surface area (Å²) in [6, 6.07) is 0. The van der Waals surface area contributed by atoms with Crippen LogP contribution in [0.15, 0.2) is 0 Å². The molecule has 0 fully saturated rings. The van der Waals surface area contributed by atoms with Gasteiger partial charge in [-0.1, -0.05) is 103 Å². The fourth-order valence-corrected chi connectivity index (χ4v) is 3.02. The minimum Gasteiger partial charge on any atom is -0.454 e. The summed E-state index contributed by atoms with van der Waals surface area (Å²) in [5, 5.41) is 9.81. The highest BCUT2D eigenvalue weighted by atomic mass is 16.2. The van der Waals surface area contributed by atoms with Crippen molar-refractivity contribution in [2.24, 2.45) is 0 Å². The van der Waals surface area contributed by atoms with Gasteiger partial charge in [-0.2, -0.15) is 0 Å². The zero-order valence-electron chi connectivity index (χ0n) is 15.4. The van der Waals surface area contributed by atoms with Gasteiger partial charge in [-0.25, -0.2) is 0 Å². The lowest BCUT2D eigenvalue weighted by Gasteiger charge is -2.36. The monoisotopic (exact) mass is 289 g/mol. The molecule has 3 atom stereocenters. The van der Waals surface area contributed by atoms with Gasteiger partial charge in [0.15, 0.2) is 0 Å². The smallest absolute Gasteiger partial charge is 0.290 e. The summed E-state index contributed by atoms with van der Waals surface area (Å²) in [5.41, 5.74) is 0. The zero-order valence-corrected chi connectivity index (χ0v) is 15.4. The standard InChI is InChI=1S/C17H36B3O/c1-7-9-11-16(4,18-6)13-14-17(5,19-8-2)12-10-15(3)20-21/h15,21H,7-14H2,1-6H3.